The zero-order valence-electron chi connectivity index (χ0n) is 9.18. The van der Waals surface area contributed by atoms with Gasteiger partial charge in [-0.25, -0.2) is 0 Å². The number of rotatable bonds is 4. The Kier molecular flexibility index (Phi) is 3.75. The first-order valence-corrected chi connectivity index (χ1v) is 5.80. The molecule has 0 aliphatic heterocycles. The summed E-state index contributed by atoms with van der Waals surface area (Å²) in [5.74, 6) is 0.964. The van der Waals surface area contributed by atoms with Gasteiger partial charge in [0.15, 0.2) is 5.82 Å². The zero-order valence-corrected chi connectivity index (χ0v) is 10.8. The highest BCUT2D eigenvalue weighted by atomic mass is 79.9. The highest BCUT2D eigenvalue weighted by Gasteiger charge is 2.13. The summed E-state index contributed by atoms with van der Waals surface area (Å²) < 4.78 is 10.8. The highest BCUT2D eigenvalue weighted by molar-refractivity contribution is 9.10. The lowest BCUT2D eigenvalue weighted by atomic mass is 10.2. The van der Waals surface area contributed by atoms with Gasteiger partial charge in [-0.05, 0) is 18.2 Å². The van der Waals surface area contributed by atoms with Crippen molar-refractivity contribution in [2.24, 2.45) is 0 Å². The van der Waals surface area contributed by atoms with E-state index in [-0.39, 0.29) is 5.75 Å². The molecule has 0 saturated heterocycles. The summed E-state index contributed by atoms with van der Waals surface area (Å²) >= 11 is 3.32. The molecular formula is C11H11BrN2O3. The number of phenols is 1. The molecule has 6 heteroatoms. The van der Waals surface area contributed by atoms with Crippen LogP contribution in [0.15, 0.2) is 27.2 Å². The number of ether oxygens (including phenoxy) is 1. The van der Waals surface area contributed by atoms with Crippen LogP contribution in [0.5, 0.6) is 5.75 Å². The molecule has 0 aliphatic carbocycles. The maximum absolute atomic E-state index is 9.70. The summed E-state index contributed by atoms with van der Waals surface area (Å²) in [4.78, 5) is 4.18. The predicted molar refractivity (Wildman–Crippen MR) is 64.7 cm³/mol. The molecule has 0 unspecified atom stereocenters. The molecule has 0 amide bonds. The number of hydrogen-bond acceptors (Lipinski definition) is 5. The number of aromatic nitrogens is 2. The first-order chi connectivity index (χ1) is 8.20. The van der Waals surface area contributed by atoms with Crippen LogP contribution in [0.4, 0.5) is 0 Å². The molecule has 1 N–H and O–H groups in total. The molecular weight excluding hydrogens is 288 g/mol. The van der Waals surface area contributed by atoms with E-state index in [2.05, 4.69) is 26.1 Å². The zero-order chi connectivity index (χ0) is 12.3. The van der Waals surface area contributed by atoms with Crippen molar-refractivity contribution in [2.45, 2.75) is 6.42 Å². The summed E-state index contributed by atoms with van der Waals surface area (Å²) in [6, 6.07) is 5.03. The second-order valence-corrected chi connectivity index (χ2v) is 4.34. The van der Waals surface area contributed by atoms with Gasteiger partial charge in [0, 0.05) is 18.0 Å². The van der Waals surface area contributed by atoms with Crippen LogP contribution in [0.1, 0.15) is 5.82 Å². The van der Waals surface area contributed by atoms with Crippen molar-refractivity contribution in [2.75, 3.05) is 13.7 Å². The van der Waals surface area contributed by atoms with E-state index in [0.29, 0.717) is 30.3 Å². The van der Waals surface area contributed by atoms with E-state index >= 15 is 0 Å². The summed E-state index contributed by atoms with van der Waals surface area (Å²) in [5, 5.41) is 13.5. The highest BCUT2D eigenvalue weighted by Crippen LogP contribution is 2.30. The maximum atomic E-state index is 9.70. The summed E-state index contributed by atoms with van der Waals surface area (Å²) in [6.45, 7) is 0.531. The maximum Gasteiger partial charge on any atom is 0.261 e. The normalized spacial score (nSPS) is 10.7. The van der Waals surface area contributed by atoms with E-state index < -0.39 is 0 Å². The molecule has 0 bridgehead atoms. The van der Waals surface area contributed by atoms with Crippen LogP contribution in [-0.2, 0) is 11.2 Å². The second-order valence-electron chi connectivity index (χ2n) is 3.42. The molecule has 1 heterocycles. The first kappa shape index (κ1) is 12.1. The molecule has 1 aromatic heterocycles. The van der Waals surface area contributed by atoms with Gasteiger partial charge in [0.25, 0.3) is 5.89 Å². The quantitative estimate of drug-likeness (QED) is 0.939. The van der Waals surface area contributed by atoms with Crippen molar-refractivity contribution < 1.29 is 14.4 Å². The van der Waals surface area contributed by atoms with E-state index in [1.54, 1.807) is 25.3 Å². The lowest BCUT2D eigenvalue weighted by Crippen LogP contribution is -1.96. The molecule has 0 saturated carbocycles. The fourth-order valence-electron chi connectivity index (χ4n) is 1.34. The number of aromatic hydroxyl groups is 1. The molecule has 0 aliphatic rings. The van der Waals surface area contributed by atoms with Gasteiger partial charge in [0.1, 0.15) is 5.75 Å². The number of methoxy groups -OCH3 is 1. The third-order valence-corrected chi connectivity index (χ3v) is 2.68. The molecule has 0 atom stereocenters. The van der Waals surface area contributed by atoms with Gasteiger partial charge in [-0.2, -0.15) is 4.98 Å². The van der Waals surface area contributed by atoms with Crippen molar-refractivity contribution in [3.63, 3.8) is 0 Å². The van der Waals surface area contributed by atoms with Crippen LogP contribution in [0.2, 0.25) is 0 Å². The molecule has 2 rings (SSSR count). The SMILES string of the molecule is COCCc1noc(-c2cc(Br)ccc2O)n1. The summed E-state index contributed by atoms with van der Waals surface area (Å²) in [7, 11) is 1.61. The van der Waals surface area contributed by atoms with Crippen molar-refractivity contribution in [3.05, 3.63) is 28.5 Å². The lowest BCUT2D eigenvalue weighted by molar-refractivity contribution is 0.199. The average Bonchev–Trinajstić information content (AvgIpc) is 2.78. The molecule has 90 valence electrons. The summed E-state index contributed by atoms with van der Waals surface area (Å²) in [5.41, 5.74) is 0.510. The Morgan fingerprint density at radius 3 is 3.06 bits per heavy atom. The van der Waals surface area contributed by atoms with Crippen molar-refractivity contribution in [3.8, 4) is 17.2 Å². The molecule has 17 heavy (non-hydrogen) atoms. The third kappa shape index (κ3) is 2.83. The minimum atomic E-state index is 0.107. The Hall–Kier alpha value is -1.40. The van der Waals surface area contributed by atoms with Gasteiger partial charge in [0.05, 0.1) is 12.2 Å². The van der Waals surface area contributed by atoms with Gasteiger partial charge in [-0.15, -0.1) is 0 Å². The van der Waals surface area contributed by atoms with Crippen molar-refractivity contribution in [1.29, 1.82) is 0 Å². The third-order valence-electron chi connectivity index (χ3n) is 2.19. The van der Waals surface area contributed by atoms with Gasteiger partial charge in [-0.3, -0.25) is 0 Å². The Balaban J connectivity index is 2.27. The standard InChI is InChI=1S/C11H11BrN2O3/c1-16-5-4-10-13-11(17-14-10)8-6-7(12)2-3-9(8)15/h2-3,6,15H,4-5H2,1H3. The van der Waals surface area contributed by atoms with Crippen molar-refractivity contribution in [1.82, 2.24) is 10.1 Å². The van der Waals surface area contributed by atoms with E-state index in [9.17, 15) is 5.11 Å². The number of halogens is 1. The summed E-state index contributed by atoms with van der Waals surface area (Å²) in [6.07, 6.45) is 0.578. The fraction of sp³-hybridized carbons (Fsp3) is 0.273. The Morgan fingerprint density at radius 2 is 2.29 bits per heavy atom. The van der Waals surface area contributed by atoms with Crippen LogP contribution < -0.4 is 0 Å². The topological polar surface area (TPSA) is 68.4 Å². The fourth-order valence-corrected chi connectivity index (χ4v) is 1.70. The number of phenolic OH excluding ortho intramolecular Hbond substituents is 1. The monoisotopic (exact) mass is 298 g/mol. The molecule has 1 aromatic carbocycles. The number of hydrogen-bond donors (Lipinski definition) is 1. The largest absolute Gasteiger partial charge is 0.507 e. The smallest absolute Gasteiger partial charge is 0.261 e. The van der Waals surface area contributed by atoms with E-state index in [0.717, 1.165) is 4.47 Å². The van der Waals surface area contributed by atoms with E-state index in [4.69, 9.17) is 9.26 Å². The molecule has 5 nitrogen and oxygen atoms in total. The van der Waals surface area contributed by atoms with Gasteiger partial charge >= 0.3 is 0 Å². The van der Waals surface area contributed by atoms with Gasteiger partial charge < -0.3 is 14.4 Å². The van der Waals surface area contributed by atoms with Crippen LogP contribution in [-0.4, -0.2) is 29.0 Å². The first-order valence-electron chi connectivity index (χ1n) is 5.01. The Bertz CT molecular complexity index is 513. The predicted octanol–water partition coefficient (Wildman–Crippen LogP) is 2.39. The molecule has 0 radical (unpaired) electrons. The van der Waals surface area contributed by atoms with Crippen LogP contribution in [0.25, 0.3) is 11.5 Å². The number of nitrogens with zero attached hydrogens (tertiary/aromatic N) is 2. The van der Waals surface area contributed by atoms with Crippen LogP contribution in [0, 0.1) is 0 Å². The van der Waals surface area contributed by atoms with Gasteiger partial charge in [-0.1, -0.05) is 21.1 Å². The number of benzene rings is 1. The van der Waals surface area contributed by atoms with Crippen LogP contribution in [0.3, 0.4) is 0 Å². The van der Waals surface area contributed by atoms with Crippen LogP contribution >= 0.6 is 15.9 Å². The molecule has 0 spiro atoms. The van der Waals surface area contributed by atoms with Crippen molar-refractivity contribution >= 4 is 15.9 Å². The second kappa shape index (κ2) is 5.29. The average molecular weight is 299 g/mol. The molecule has 2 aromatic rings. The van der Waals surface area contributed by atoms with E-state index in [1.165, 1.54) is 0 Å². The Morgan fingerprint density at radius 1 is 1.47 bits per heavy atom. The molecule has 0 fully saturated rings. The van der Waals surface area contributed by atoms with E-state index in [1.807, 2.05) is 0 Å². The Labute approximate surface area is 107 Å². The lowest BCUT2D eigenvalue weighted by Gasteiger charge is -1.99. The van der Waals surface area contributed by atoms with Gasteiger partial charge in [0.2, 0.25) is 0 Å². The minimum Gasteiger partial charge on any atom is -0.507 e. The minimum absolute atomic E-state index is 0.107.